The fraction of sp³-hybridized carbons (Fsp3) is 0.625. The zero-order valence-corrected chi connectivity index (χ0v) is 6.80. The van der Waals surface area contributed by atoms with Crippen molar-refractivity contribution in [2.75, 3.05) is 11.9 Å². The lowest BCUT2D eigenvalue weighted by Crippen LogP contribution is -2.14. The van der Waals surface area contributed by atoms with Gasteiger partial charge in [-0.2, -0.15) is 5.10 Å². The van der Waals surface area contributed by atoms with E-state index in [-0.39, 0.29) is 0 Å². The molecule has 1 N–H and O–H groups in total. The Morgan fingerprint density at radius 1 is 1.73 bits per heavy atom. The summed E-state index contributed by atoms with van der Waals surface area (Å²) in [4.78, 5) is 0. The molecule has 2 heterocycles. The van der Waals surface area contributed by atoms with Crippen LogP contribution in [0.4, 0.5) is 5.82 Å². The minimum Gasteiger partial charge on any atom is -0.370 e. The second-order valence-corrected chi connectivity index (χ2v) is 2.86. The highest BCUT2D eigenvalue weighted by atomic mass is 15.3. The maximum absolute atomic E-state index is 4.27. The topological polar surface area (TPSA) is 29.9 Å². The van der Waals surface area contributed by atoms with E-state index in [1.54, 1.807) is 0 Å². The first-order chi connectivity index (χ1) is 5.42. The third kappa shape index (κ3) is 1.00. The van der Waals surface area contributed by atoms with Gasteiger partial charge in [-0.15, -0.1) is 0 Å². The number of aryl methyl sites for hydroxylation is 2. The summed E-state index contributed by atoms with van der Waals surface area (Å²) in [5, 5.41) is 7.63. The molecule has 0 saturated heterocycles. The molecule has 1 aliphatic heterocycles. The molecule has 0 fully saturated rings. The van der Waals surface area contributed by atoms with Crippen LogP contribution in [0.25, 0.3) is 0 Å². The maximum atomic E-state index is 4.27. The molecule has 0 atom stereocenters. The number of nitrogens with one attached hydrogen (secondary N) is 1. The standard InChI is InChI=1S/C8H13N3/c1-2-11-8-7(6-10-11)4-3-5-9-8/h6,9H,2-5H2,1H3. The molecule has 0 saturated carbocycles. The summed E-state index contributed by atoms with van der Waals surface area (Å²) in [6.45, 7) is 4.17. The summed E-state index contributed by atoms with van der Waals surface area (Å²) in [5.74, 6) is 1.23. The van der Waals surface area contributed by atoms with Crippen LogP contribution in [-0.4, -0.2) is 16.3 Å². The average Bonchev–Trinajstić information content (AvgIpc) is 2.47. The average molecular weight is 151 g/mol. The molecule has 1 aromatic rings. The molecule has 0 amide bonds. The fourth-order valence-corrected chi connectivity index (χ4v) is 1.54. The van der Waals surface area contributed by atoms with Crippen LogP contribution in [0, 0.1) is 0 Å². The highest BCUT2D eigenvalue weighted by Crippen LogP contribution is 2.20. The SMILES string of the molecule is CCn1ncc2c1NCCC2. The summed E-state index contributed by atoms with van der Waals surface area (Å²) in [6, 6.07) is 0. The summed E-state index contributed by atoms with van der Waals surface area (Å²) in [6.07, 6.45) is 4.40. The first-order valence-corrected chi connectivity index (χ1v) is 4.20. The molecule has 1 aliphatic rings. The summed E-state index contributed by atoms with van der Waals surface area (Å²) in [5.41, 5.74) is 1.37. The van der Waals surface area contributed by atoms with E-state index < -0.39 is 0 Å². The molecule has 2 rings (SSSR count). The number of anilines is 1. The van der Waals surface area contributed by atoms with Gasteiger partial charge in [-0.05, 0) is 19.8 Å². The van der Waals surface area contributed by atoms with E-state index in [1.165, 1.54) is 24.2 Å². The van der Waals surface area contributed by atoms with Crippen LogP contribution >= 0.6 is 0 Å². The van der Waals surface area contributed by atoms with Crippen molar-refractivity contribution in [3.63, 3.8) is 0 Å². The molecule has 3 heteroatoms. The van der Waals surface area contributed by atoms with Crippen LogP contribution in [0.5, 0.6) is 0 Å². The van der Waals surface area contributed by atoms with Crippen molar-refractivity contribution < 1.29 is 0 Å². The molecule has 0 aliphatic carbocycles. The zero-order chi connectivity index (χ0) is 7.68. The highest BCUT2D eigenvalue weighted by molar-refractivity contribution is 5.45. The van der Waals surface area contributed by atoms with Crippen LogP contribution in [0.15, 0.2) is 6.20 Å². The van der Waals surface area contributed by atoms with Gasteiger partial charge in [0.05, 0.1) is 6.20 Å². The molecule has 3 nitrogen and oxygen atoms in total. The van der Waals surface area contributed by atoms with Gasteiger partial charge in [-0.1, -0.05) is 0 Å². The predicted molar refractivity (Wildman–Crippen MR) is 44.7 cm³/mol. The number of aromatic nitrogens is 2. The van der Waals surface area contributed by atoms with Crippen molar-refractivity contribution in [3.8, 4) is 0 Å². The van der Waals surface area contributed by atoms with Crippen molar-refractivity contribution in [3.05, 3.63) is 11.8 Å². The molecule has 0 bridgehead atoms. The number of rotatable bonds is 1. The molecule has 0 unspecified atom stereocenters. The zero-order valence-electron chi connectivity index (χ0n) is 6.80. The van der Waals surface area contributed by atoms with E-state index >= 15 is 0 Å². The molecule has 0 aromatic carbocycles. The molecular weight excluding hydrogens is 138 g/mol. The van der Waals surface area contributed by atoms with Gasteiger partial charge in [0, 0.05) is 18.7 Å². The van der Waals surface area contributed by atoms with Gasteiger partial charge in [0.15, 0.2) is 0 Å². The summed E-state index contributed by atoms with van der Waals surface area (Å²) in [7, 11) is 0. The normalized spacial score (nSPS) is 15.7. The Kier molecular flexibility index (Phi) is 1.56. The van der Waals surface area contributed by atoms with Crippen LogP contribution in [-0.2, 0) is 13.0 Å². The molecule has 0 spiro atoms. The van der Waals surface area contributed by atoms with Crippen molar-refractivity contribution in [2.45, 2.75) is 26.3 Å². The van der Waals surface area contributed by atoms with E-state index in [0.29, 0.717) is 0 Å². The van der Waals surface area contributed by atoms with Gasteiger partial charge < -0.3 is 5.32 Å². The van der Waals surface area contributed by atoms with Crippen molar-refractivity contribution in [2.24, 2.45) is 0 Å². The Bertz CT molecular complexity index is 238. The summed E-state index contributed by atoms with van der Waals surface area (Å²) < 4.78 is 2.02. The van der Waals surface area contributed by atoms with Gasteiger partial charge in [-0.25, -0.2) is 4.68 Å². The van der Waals surface area contributed by atoms with Crippen molar-refractivity contribution in [1.29, 1.82) is 0 Å². The highest BCUT2D eigenvalue weighted by Gasteiger charge is 2.12. The van der Waals surface area contributed by atoms with E-state index in [0.717, 1.165) is 13.1 Å². The predicted octanol–water partition coefficient (Wildman–Crippen LogP) is 1.26. The van der Waals surface area contributed by atoms with Gasteiger partial charge in [0.25, 0.3) is 0 Å². The van der Waals surface area contributed by atoms with E-state index in [1.807, 2.05) is 10.9 Å². The molecule has 60 valence electrons. The lowest BCUT2D eigenvalue weighted by molar-refractivity contribution is 0.658. The molecule has 11 heavy (non-hydrogen) atoms. The largest absolute Gasteiger partial charge is 0.370 e. The minimum atomic E-state index is 0.961. The van der Waals surface area contributed by atoms with E-state index in [9.17, 15) is 0 Å². The molecule has 0 radical (unpaired) electrons. The Morgan fingerprint density at radius 2 is 2.64 bits per heavy atom. The van der Waals surface area contributed by atoms with Crippen LogP contribution in [0.3, 0.4) is 0 Å². The number of hydrogen-bond acceptors (Lipinski definition) is 2. The molecular formula is C8H13N3. The second-order valence-electron chi connectivity index (χ2n) is 2.86. The summed E-state index contributed by atoms with van der Waals surface area (Å²) >= 11 is 0. The van der Waals surface area contributed by atoms with Gasteiger partial charge in [0.2, 0.25) is 0 Å². The Balaban J connectivity index is 2.38. The van der Waals surface area contributed by atoms with Crippen LogP contribution in [0.1, 0.15) is 18.9 Å². The lowest BCUT2D eigenvalue weighted by Gasteiger charge is -2.14. The van der Waals surface area contributed by atoms with E-state index in [4.69, 9.17) is 0 Å². The number of hydrogen-bond donors (Lipinski definition) is 1. The first kappa shape index (κ1) is 6.70. The van der Waals surface area contributed by atoms with Crippen LogP contribution < -0.4 is 5.32 Å². The van der Waals surface area contributed by atoms with Crippen molar-refractivity contribution in [1.82, 2.24) is 9.78 Å². The monoisotopic (exact) mass is 151 g/mol. The third-order valence-electron chi connectivity index (χ3n) is 2.13. The number of nitrogens with zero attached hydrogens (tertiary/aromatic N) is 2. The number of fused-ring (bicyclic) bond motifs is 1. The van der Waals surface area contributed by atoms with Gasteiger partial charge >= 0.3 is 0 Å². The Morgan fingerprint density at radius 3 is 3.45 bits per heavy atom. The maximum Gasteiger partial charge on any atom is 0.127 e. The van der Waals surface area contributed by atoms with Crippen LogP contribution in [0.2, 0.25) is 0 Å². The van der Waals surface area contributed by atoms with E-state index in [2.05, 4.69) is 17.3 Å². The van der Waals surface area contributed by atoms with Gasteiger partial charge in [-0.3, -0.25) is 0 Å². The second kappa shape index (κ2) is 2.57. The third-order valence-corrected chi connectivity index (χ3v) is 2.13. The molecule has 1 aromatic heterocycles. The fourth-order valence-electron chi connectivity index (χ4n) is 1.54. The smallest absolute Gasteiger partial charge is 0.127 e. The minimum absolute atomic E-state index is 0.961. The lowest BCUT2D eigenvalue weighted by atomic mass is 10.1. The Hall–Kier alpha value is -0.990. The Labute approximate surface area is 66.4 Å². The quantitative estimate of drug-likeness (QED) is 0.655. The van der Waals surface area contributed by atoms with Gasteiger partial charge in [0.1, 0.15) is 5.82 Å². The van der Waals surface area contributed by atoms with Crippen molar-refractivity contribution >= 4 is 5.82 Å². The first-order valence-electron chi connectivity index (χ1n) is 4.20.